The number of nitrogens with two attached hydrogens (primary N) is 1. The first-order valence-corrected chi connectivity index (χ1v) is 8.16. The summed E-state index contributed by atoms with van der Waals surface area (Å²) in [6.07, 6.45) is -3.47. The summed E-state index contributed by atoms with van der Waals surface area (Å²) in [7, 11) is 1.66. The molecule has 1 aliphatic heterocycles. The van der Waals surface area contributed by atoms with Crippen molar-refractivity contribution >= 4 is 11.4 Å². The number of hydrogen-bond acceptors (Lipinski definition) is 3. The van der Waals surface area contributed by atoms with Crippen molar-refractivity contribution < 1.29 is 17.9 Å². The molecule has 0 amide bonds. The molecule has 0 saturated carbocycles. The average Bonchev–Trinajstić information content (AvgIpc) is 2.99. The molecule has 1 aliphatic rings. The van der Waals surface area contributed by atoms with E-state index < -0.39 is 11.7 Å². The summed E-state index contributed by atoms with van der Waals surface area (Å²) in [5, 5.41) is 0. The molecule has 1 heterocycles. The molecule has 0 spiro atoms. The van der Waals surface area contributed by atoms with Gasteiger partial charge in [-0.25, -0.2) is 0 Å². The van der Waals surface area contributed by atoms with Crippen molar-refractivity contribution in [1.29, 1.82) is 0 Å². The van der Waals surface area contributed by atoms with E-state index in [1.807, 2.05) is 24.3 Å². The van der Waals surface area contributed by atoms with E-state index in [4.69, 9.17) is 10.5 Å². The number of methoxy groups -OCH3 is 1. The number of alkyl halides is 3. The summed E-state index contributed by atoms with van der Waals surface area (Å²) < 4.78 is 43.6. The van der Waals surface area contributed by atoms with Crippen LogP contribution in [0, 0.1) is 0 Å². The smallest absolute Gasteiger partial charge is 0.399 e. The van der Waals surface area contributed by atoms with Crippen molar-refractivity contribution in [3.63, 3.8) is 0 Å². The maximum atomic E-state index is 12.7. The minimum atomic E-state index is -4.30. The number of nitrogen functional groups attached to an aromatic ring is 1. The number of hydrogen-bond donors (Lipinski definition) is 1. The van der Waals surface area contributed by atoms with E-state index in [1.165, 1.54) is 0 Å². The minimum absolute atomic E-state index is 0.167. The molecule has 2 N–H and O–H groups in total. The van der Waals surface area contributed by atoms with Gasteiger partial charge < -0.3 is 15.4 Å². The Morgan fingerprint density at radius 1 is 1.08 bits per heavy atom. The third-order valence-corrected chi connectivity index (χ3v) is 4.71. The summed E-state index contributed by atoms with van der Waals surface area (Å²) in [4.78, 5) is 2.24. The molecular weight excluding hydrogens is 329 g/mol. The van der Waals surface area contributed by atoms with Crippen LogP contribution in [-0.4, -0.2) is 26.3 Å². The summed E-state index contributed by atoms with van der Waals surface area (Å²) in [5.74, 6) is 0.167. The third kappa shape index (κ3) is 3.90. The molecule has 2 aromatic carbocycles. The van der Waals surface area contributed by atoms with Crippen molar-refractivity contribution in [2.24, 2.45) is 0 Å². The molecule has 6 heteroatoms. The van der Waals surface area contributed by atoms with Crippen molar-refractivity contribution in [1.82, 2.24) is 0 Å². The predicted molar refractivity (Wildman–Crippen MR) is 92.7 cm³/mol. The topological polar surface area (TPSA) is 38.5 Å². The number of ether oxygens (including phenoxy) is 1. The highest BCUT2D eigenvalue weighted by molar-refractivity contribution is 5.55. The fourth-order valence-electron chi connectivity index (χ4n) is 3.43. The maximum absolute atomic E-state index is 12.7. The van der Waals surface area contributed by atoms with Crippen LogP contribution in [0.3, 0.4) is 0 Å². The Morgan fingerprint density at radius 2 is 1.72 bits per heavy atom. The quantitative estimate of drug-likeness (QED) is 0.836. The fraction of sp³-hybridized carbons (Fsp3) is 0.368. The Morgan fingerprint density at radius 3 is 2.28 bits per heavy atom. The van der Waals surface area contributed by atoms with Crippen LogP contribution in [0.15, 0.2) is 48.5 Å². The number of anilines is 2. The van der Waals surface area contributed by atoms with Gasteiger partial charge in [0, 0.05) is 30.9 Å². The van der Waals surface area contributed by atoms with Gasteiger partial charge in [-0.3, -0.25) is 0 Å². The molecule has 134 valence electrons. The standard InChI is InChI=1S/C19H21F3N2O/c1-25-12-18-10-14(11-24(18)17-8-6-16(23)7-9-17)13-2-4-15(5-3-13)19(20,21)22/h2-9,14,18H,10-12,23H2,1H3/t14?,18-/m0/s1. The lowest BCUT2D eigenvalue weighted by molar-refractivity contribution is -0.137. The summed E-state index contributed by atoms with van der Waals surface area (Å²) in [6.45, 7) is 1.31. The van der Waals surface area contributed by atoms with E-state index in [-0.39, 0.29) is 12.0 Å². The molecule has 3 rings (SSSR count). The van der Waals surface area contributed by atoms with Gasteiger partial charge in [0.2, 0.25) is 0 Å². The van der Waals surface area contributed by atoms with Crippen molar-refractivity contribution in [3.05, 3.63) is 59.7 Å². The molecule has 0 aliphatic carbocycles. The second kappa shape index (κ2) is 6.96. The zero-order chi connectivity index (χ0) is 18.0. The van der Waals surface area contributed by atoms with Gasteiger partial charge in [-0.15, -0.1) is 0 Å². The highest BCUT2D eigenvalue weighted by atomic mass is 19.4. The summed E-state index contributed by atoms with van der Waals surface area (Å²) in [5.41, 5.74) is 7.81. The van der Waals surface area contributed by atoms with Gasteiger partial charge in [0.1, 0.15) is 0 Å². The van der Waals surface area contributed by atoms with E-state index in [2.05, 4.69) is 4.90 Å². The molecule has 1 unspecified atom stereocenters. The Hall–Kier alpha value is -2.21. The van der Waals surface area contributed by atoms with Crippen LogP contribution in [0.1, 0.15) is 23.5 Å². The van der Waals surface area contributed by atoms with Crippen LogP contribution in [0.25, 0.3) is 0 Å². The van der Waals surface area contributed by atoms with Gasteiger partial charge in [-0.05, 0) is 48.4 Å². The second-order valence-electron chi connectivity index (χ2n) is 6.41. The number of benzene rings is 2. The largest absolute Gasteiger partial charge is 0.416 e. The Labute approximate surface area is 145 Å². The molecule has 0 aromatic heterocycles. The zero-order valence-corrected chi connectivity index (χ0v) is 14.0. The molecular formula is C19H21F3N2O. The first kappa shape index (κ1) is 17.6. The third-order valence-electron chi connectivity index (χ3n) is 4.71. The zero-order valence-electron chi connectivity index (χ0n) is 14.0. The SMILES string of the molecule is COC[C@@H]1CC(c2ccc(C(F)(F)F)cc2)CN1c1ccc(N)cc1. The molecule has 3 nitrogen and oxygen atoms in total. The van der Waals surface area contributed by atoms with Crippen molar-refractivity contribution in [3.8, 4) is 0 Å². The van der Waals surface area contributed by atoms with E-state index in [9.17, 15) is 13.2 Å². The Kier molecular flexibility index (Phi) is 4.90. The first-order chi connectivity index (χ1) is 11.9. The van der Waals surface area contributed by atoms with Crippen LogP contribution in [0.4, 0.5) is 24.5 Å². The number of rotatable bonds is 4. The molecule has 2 atom stereocenters. The van der Waals surface area contributed by atoms with Crippen LogP contribution in [0.5, 0.6) is 0 Å². The second-order valence-corrected chi connectivity index (χ2v) is 6.41. The van der Waals surface area contributed by atoms with Crippen molar-refractivity contribution in [2.45, 2.75) is 24.6 Å². The molecule has 1 saturated heterocycles. The number of halogens is 3. The fourth-order valence-corrected chi connectivity index (χ4v) is 3.43. The van der Waals surface area contributed by atoms with Gasteiger partial charge in [-0.1, -0.05) is 12.1 Å². The summed E-state index contributed by atoms with van der Waals surface area (Å²) >= 11 is 0. The van der Waals surface area contributed by atoms with E-state index in [0.29, 0.717) is 12.3 Å². The van der Waals surface area contributed by atoms with E-state index >= 15 is 0 Å². The molecule has 0 radical (unpaired) electrons. The Balaban J connectivity index is 1.80. The van der Waals surface area contributed by atoms with Crippen molar-refractivity contribution in [2.75, 3.05) is 30.9 Å². The lowest BCUT2D eigenvalue weighted by Gasteiger charge is -2.26. The van der Waals surface area contributed by atoms with Gasteiger partial charge in [-0.2, -0.15) is 13.2 Å². The normalized spacial score (nSPS) is 20.9. The van der Waals surface area contributed by atoms with Crippen LogP contribution in [-0.2, 0) is 10.9 Å². The number of nitrogens with zero attached hydrogens (tertiary/aromatic N) is 1. The average molecular weight is 350 g/mol. The van der Waals surface area contributed by atoms with Crippen LogP contribution >= 0.6 is 0 Å². The lowest BCUT2D eigenvalue weighted by Crippen LogP contribution is -2.32. The lowest BCUT2D eigenvalue weighted by atomic mass is 9.95. The molecule has 25 heavy (non-hydrogen) atoms. The molecule has 2 aromatic rings. The molecule has 0 bridgehead atoms. The predicted octanol–water partition coefficient (Wildman–Crippen LogP) is 4.30. The van der Waals surface area contributed by atoms with Crippen LogP contribution < -0.4 is 10.6 Å². The monoisotopic (exact) mass is 350 g/mol. The summed E-state index contributed by atoms with van der Waals surface area (Å²) in [6, 6.07) is 13.3. The first-order valence-electron chi connectivity index (χ1n) is 8.16. The highest BCUT2D eigenvalue weighted by Crippen LogP contribution is 2.37. The highest BCUT2D eigenvalue weighted by Gasteiger charge is 2.34. The van der Waals surface area contributed by atoms with E-state index in [1.54, 1.807) is 19.2 Å². The minimum Gasteiger partial charge on any atom is -0.399 e. The van der Waals surface area contributed by atoms with E-state index in [0.717, 1.165) is 36.3 Å². The Bertz CT molecular complexity index is 698. The molecule has 1 fully saturated rings. The van der Waals surface area contributed by atoms with Crippen LogP contribution in [0.2, 0.25) is 0 Å². The van der Waals surface area contributed by atoms with Gasteiger partial charge in [0.25, 0.3) is 0 Å². The van der Waals surface area contributed by atoms with Gasteiger partial charge >= 0.3 is 6.18 Å². The van der Waals surface area contributed by atoms with Gasteiger partial charge in [0.15, 0.2) is 0 Å². The van der Waals surface area contributed by atoms with Gasteiger partial charge in [0.05, 0.1) is 18.2 Å². The maximum Gasteiger partial charge on any atom is 0.416 e.